The Hall–Kier alpha value is -0.910. The number of rotatable bonds is 6. The van der Waals surface area contributed by atoms with Crippen LogP contribution in [0.2, 0.25) is 0 Å². The summed E-state index contributed by atoms with van der Waals surface area (Å²) in [6, 6.07) is 7.44. The van der Waals surface area contributed by atoms with Crippen molar-refractivity contribution in [3.05, 3.63) is 35.4 Å². The van der Waals surface area contributed by atoms with Crippen molar-refractivity contribution in [3.8, 4) is 0 Å². The summed E-state index contributed by atoms with van der Waals surface area (Å²) < 4.78 is 26.8. The van der Waals surface area contributed by atoms with E-state index in [1.807, 2.05) is 24.3 Å². The number of nitrogens with one attached hydrogen (secondary N) is 1. The topological polar surface area (TPSA) is 72.2 Å². The van der Waals surface area contributed by atoms with Crippen molar-refractivity contribution in [2.75, 3.05) is 6.54 Å². The van der Waals surface area contributed by atoms with Gasteiger partial charge < -0.3 is 5.73 Å². The molecule has 5 heteroatoms. The van der Waals surface area contributed by atoms with E-state index in [0.717, 1.165) is 24.0 Å². The quantitative estimate of drug-likeness (QED) is 0.835. The van der Waals surface area contributed by atoms with Crippen LogP contribution in [0.4, 0.5) is 0 Å². The minimum atomic E-state index is -3.24. The summed E-state index contributed by atoms with van der Waals surface area (Å²) in [5.41, 5.74) is 7.31. The third-order valence-electron chi connectivity index (χ3n) is 3.65. The summed E-state index contributed by atoms with van der Waals surface area (Å²) in [6.07, 6.45) is 4.74. The first-order chi connectivity index (χ1) is 9.09. The molecule has 1 aromatic rings. The van der Waals surface area contributed by atoms with Crippen LogP contribution in [0.3, 0.4) is 0 Å². The van der Waals surface area contributed by atoms with Gasteiger partial charge in [0.2, 0.25) is 10.0 Å². The second-order valence-corrected chi connectivity index (χ2v) is 7.09. The van der Waals surface area contributed by atoms with Gasteiger partial charge in [0.05, 0.1) is 5.75 Å². The molecule has 0 atom stereocenters. The molecule has 1 saturated carbocycles. The Morgan fingerprint density at radius 3 is 2.58 bits per heavy atom. The molecule has 0 radical (unpaired) electrons. The van der Waals surface area contributed by atoms with E-state index in [4.69, 9.17) is 5.73 Å². The first kappa shape index (κ1) is 14.5. The number of sulfonamides is 1. The third kappa shape index (κ3) is 4.60. The van der Waals surface area contributed by atoms with Crippen LogP contribution in [-0.2, 0) is 22.3 Å². The molecular weight excluding hydrogens is 260 g/mol. The van der Waals surface area contributed by atoms with Gasteiger partial charge in [-0.05, 0) is 29.9 Å². The summed E-state index contributed by atoms with van der Waals surface area (Å²) in [4.78, 5) is 0. The Labute approximate surface area is 115 Å². The maximum atomic E-state index is 12.0. The van der Waals surface area contributed by atoms with Gasteiger partial charge in [-0.25, -0.2) is 13.1 Å². The molecule has 1 aromatic carbocycles. The molecule has 2 rings (SSSR count). The predicted molar refractivity (Wildman–Crippen MR) is 76.9 cm³/mol. The molecule has 1 aliphatic carbocycles. The van der Waals surface area contributed by atoms with Gasteiger partial charge in [-0.15, -0.1) is 0 Å². The zero-order valence-corrected chi connectivity index (χ0v) is 12.0. The maximum absolute atomic E-state index is 12.0. The number of hydrogen-bond acceptors (Lipinski definition) is 3. The molecule has 0 spiro atoms. The van der Waals surface area contributed by atoms with E-state index in [2.05, 4.69) is 4.72 Å². The van der Waals surface area contributed by atoms with Crippen molar-refractivity contribution in [1.29, 1.82) is 0 Å². The fraction of sp³-hybridized carbons (Fsp3) is 0.571. The smallest absolute Gasteiger partial charge is 0.215 e. The van der Waals surface area contributed by atoms with Crippen LogP contribution in [0.5, 0.6) is 0 Å². The summed E-state index contributed by atoms with van der Waals surface area (Å²) >= 11 is 0. The van der Waals surface area contributed by atoms with Gasteiger partial charge in [-0.1, -0.05) is 37.1 Å². The van der Waals surface area contributed by atoms with Gasteiger partial charge in [-0.2, -0.15) is 0 Å². The highest BCUT2D eigenvalue weighted by atomic mass is 32.2. The lowest BCUT2D eigenvalue weighted by Gasteiger charge is -2.11. The monoisotopic (exact) mass is 282 g/mol. The largest absolute Gasteiger partial charge is 0.326 e. The van der Waals surface area contributed by atoms with Gasteiger partial charge in [0, 0.05) is 13.1 Å². The van der Waals surface area contributed by atoms with E-state index in [1.54, 1.807) is 0 Å². The fourth-order valence-corrected chi connectivity index (χ4v) is 3.79. The Bertz CT molecular complexity index is 508. The minimum Gasteiger partial charge on any atom is -0.326 e. The molecule has 0 heterocycles. The van der Waals surface area contributed by atoms with E-state index in [0.29, 0.717) is 19.0 Å². The summed E-state index contributed by atoms with van der Waals surface area (Å²) in [5.74, 6) is 0.554. The van der Waals surface area contributed by atoms with Crippen molar-refractivity contribution >= 4 is 10.0 Å². The maximum Gasteiger partial charge on any atom is 0.215 e. The lowest BCUT2D eigenvalue weighted by atomic mass is 10.1. The van der Waals surface area contributed by atoms with E-state index < -0.39 is 10.0 Å². The van der Waals surface area contributed by atoms with Crippen LogP contribution in [0.25, 0.3) is 0 Å². The standard InChI is InChI=1S/C14H22N2O2S/c15-9-13-6-3-7-14(8-13)11-19(17,18)16-10-12-4-1-2-5-12/h3,6-8,12,16H,1-2,4-5,9-11,15H2. The van der Waals surface area contributed by atoms with Crippen LogP contribution < -0.4 is 10.5 Å². The van der Waals surface area contributed by atoms with Gasteiger partial charge in [0.15, 0.2) is 0 Å². The predicted octanol–water partition coefficient (Wildman–Crippen LogP) is 1.75. The van der Waals surface area contributed by atoms with Crippen LogP contribution in [-0.4, -0.2) is 15.0 Å². The number of benzene rings is 1. The lowest BCUT2D eigenvalue weighted by molar-refractivity contribution is 0.519. The summed E-state index contributed by atoms with van der Waals surface area (Å²) in [7, 11) is -3.24. The molecule has 19 heavy (non-hydrogen) atoms. The highest BCUT2D eigenvalue weighted by molar-refractivity contribution is 7.88. The van der Waals surface area contributed by atoms with Gasteiger partial charge in [-0.3, -0.25) is 0 Å². The molecule has 1 fully saturated rings. The normalized spacial score (nSPS) is 16.9. The van der Waals surface area contributed by atoms with E-state index in [-0.39, 0.29) is 5.75 Å². The Morgan fingerprint density at radius 2 is 1.89 bits per heavy atom. The second kappa shape index (κ2) is 6.50. The summed E-state index contributed by atoms with van der Waals surface area (Å²) in [6.45, 7) is 1.02. The first-order valence-electron chi connectivity index (χ1n) is 6.84. The zero-order chi connectivity index (χ0) is 13.7. The van der Waals surface area contributed by atoms with Crippen molar-refractivity contribution in [2.24, 2.45) is 11.7 Å². The third-order valence-corrected chi connectivity index (χ3v) is 4.97. The van der Waals surface area contributed by atoms with Crippen LogP contribution in [0, 0.1) is 5.92 Å². The molecule has 0 aromatic heterocycles. The van der Waals surface area contributed by atoms with Crippen molar-refractivity contribution in [2.45, 2.75) is 38.0 Å². The second-order valence-electron chi connectivity index (χ2n) is 5.28. The van der Waals surface area contributed by atoms with Crippen molar-refractivity contribution in [3.63, 3.8) is 0 Å². The summed E-state index contributed by atoms with van der Waals surface area (Å²) in [5, 5.41) is 0. The van der Waals surface area contributed by atoms with E-state index >= 15 is 0 Å². The van der Waals surface area contributed by atoms with E-state index in [9.17, 15) is 8.42 Å². The van der Waals surface area contributed by atoms with Gasteiger partial charge >= 0.3 is 0 Å². The molecular formula is C14H22N2O2S. The molecule has 0 amide bonds. The fourth-order valence-electron chi connectivity index (χ4n) is 2.58. The van der Waals surface area contributed by atoms with Crippen molar-refractivity contribution in [1.82, 2.24) is 4.72 Å². The van der Waals surface area contributed by atoms with Crippen molar-refractivity contribution < 1.29 is 8.42 Å². The molecule has 1 aliphatic rings. The molecule has 3 N–H and O–H groups in total. The Morgan fingerprint density at radius 1 is 1.21 bits per heavy atom. The Balaban J connectivity index is 1.91. The highest BCUT2D eigenvalue weighted by Gasteiger charge is 2.18. The average Bonchev–Trinajstić information content (AvgIpc) is 2.89. The molecule has 0 bridgehead atoms. The Kier molecular flexibility index (Phi) is 4.96. The minimum absolute atomic E-state index is 0.0353. The van der Waals surface area contributed by atoms with E-state index in [1.165, 1.54) is 12.8 Å². The van der Waals surface area contributed by atoms with Crippen LogP contribution in [0.1, 0.15) is 36.8 Å². The molecule has 0 saturated heterocycles. The van der Waals surface area contributed by atoms with Gasteiger partial charge in [0.1, 0.15) is 0 Å². The molecule has 4 nitrogen and oxygen atoms in total. The molecule has 0 aliphatic heterocycles. The van der Waals surface area contributed by atoms with Crippen LogP contribution in [0.15, 0.2) is 24.3 Å². The zero-order valence-electron chi connectivity index (χ0n) is 11.1. The SMILES string of the molecule is NCc1cccc(CS(=O)(=O)NCC2CCCC2)c1. The van der Waals surface area contributed by atoms with Crippen LogP contribution >= 0.6 is 0 Å². The average molecular weight is 282 g/mol. The highest BCUT2D eigenvalue weighted by Crippen LogP contribution is 2.24. The molecule has 106 valence electrons. The number of hydrogen-bond donors (Lipinski definition) is 2. The van der Waals surface area contributed by atoms with Gasteiger partial charge in [0.25, 0.3) is 0 Å². The lowest BCUT2D eigenvalue weighted by Crippen LogP contribution is -2.29. The first-order valence-corrected chi connectivity index (χ1v) is 8.49. The molecule has 0 unspecified atom stereocenters. The number of nitrogens with two attached hydrogens (primary N) is 1.